The van der Waals surface area contributed by atoms with Crippen LogP contribution in [0.1, 0.15) is 44.9 Å². The maximum atomic E-state index is 14.4. The van der Waals surface area contributed by atoms with Crippen molar-refractivity contribution in [3.05, 3.63) is 25.3 Å². The SMILES string of the molecule is C=CCCCOC(=O)[C@H]1[C@H]2C(=O)N(CCCCCCO)C(C(=O)N(CC=C)CCN3CCOCC3)C23CC(Br)[C@@H]1O3. The maximum absolute atomic E-state index is 14.4. The van der Waals surface area contributed by atoms with Crippen molar-refractivity contribution < 1.29 is 33.7 Å². The molecular formula is C30H46BrN3O7. The number of likely N-dealkylation sites (tertiary alicyclic amines) is 1. The summed E-state index contributed by atoms with van der Waals surface area (Å²) < 4.78 is 17.7. The quantitative estimate of drug-likeness (QED) is 0.112. The Labute approximate surface area is 252 Å². The maximum Gasteiger partial charge on any atom is 0.312 e. The molecule has 0 aromatic heterocycles. The predicted molar refractivity (Wildman–Crippen MR) is 157 cm³/mol. The number of aliphatic hydroxyl groups is 1. The first-order valence-electron chi connectivity index (χ1n) is 15.1. The third-order valence-electron chi connectivity index (χ3n) is 8.85. The van der Waals surface area contributed by atoms with E-state index >= 15 is 0 Å². The molecule has 41 heavy (non-hydrogen) atoms. The summed E-state index contributed by atoms with van der Waals surface area (Å²) in [5.74, 6) is -2.32. The Kier molecular flexibility index (Phi) is 11.8. The number of aliphatic hydroxyl groups excluding tert-OH is 1. The first-order chi connectivity index (χ1) is 19.9. The second-order valence-electron chi connectivity index (χ2n) is 11.5. The number of halogens is 1. The number of ether oxygens (including phenoxy) is 3. The summed E-state index contributed by atoms with van der Waals surface area (Å²) in [5, 5.41) is 9.16. The van der Waals surface area contributed by atoms with E-state index < -0.39 is 35.6 Å². The van der Waals surface area contributed by atoms with Crippen molar-refractivity contribution >= 4 is 33.7 Å². The van der Waals surface area contributed by atoms with Crippen LogP contribution < -0.4 is 0 Å². The minimum Gasteiger partial charge on any atom is -0.465 e. The van der Waals surface area contributed by atoms with Crippen LogP contribution in [0.2, 0.25) is 0 Å². The molecule has 0 saturated carbocycles. The molecule has 4 aliphatic heterocycles. The lowest BCUT2D eigenvalue weighted by atomic mass is 9.70. The molecule has 4 aliphatic rings. The molecule has 4 rings (SSSR count). The van der Waals surface area contributed by atoms with Crippen LogP contribution in [0.3, 0.4) is 0 Å². The second kappa shape index (κ2) is 15.1. The lowest BCUT2D eigenvalue weighted by Crippen LogP contribution is -2.57. The van der Waals surface area contributed by atoms with Crippen LogP contribution in [-0.4, -0.2) is 126 Å². The lowest BCUT2D eigenvalue weighted by molar-refractivity contribution is -0.155. The van der Waals surface area contributed by atoms with Crippen LogP contribution in [0.4, 0.5) is 0 Å². The molecule has 1 spiro atoms. The van der Waals surface area contributed by atoms with E-state index in [4.69, 9.17) is 19.3 Å². The monoisotopic (exact) mass is 639 g/mol. The summed E-state index contributed by atoms with van der Waals surface area (Å²) in [6.45, 7) is 12.9. The van der Waals surface area contributed by atoms with Crippen molar-refractivity contribution in [3.63, 3.8) is 0 Å². The molecule has 0 aromatic rings. The predicted octanol–water partition coefficient (Wildman–Crippen LogP) is 2.14. The van der Waals surface area contributed by atoms with Gasteiger partial charge >= 0.3 is 5.97 Å². The molecule has 3 unspecified atom stereocenters. The van der Waals surface area contributed by atoms with Gasteiger partial charge in [-0.3, -0.25) is 19.3 Å². The Morgan fingerprint density at radius 2 is 1.88 bits per heavy atom. The van der Waals surface area contributed by atoms with Gasteiger partial charge in [-0.1, -0.05) is 40.9 Å². The Balaban J connectivity index is 1.58. The second-order valence-corrected chi connectivity index (χ2v) is 12.6. The van der Waals surface area contributed by atoms with Gasteiger partial charge in [-0.2, -0.15) is 0 Å². The highest BCUT2D eigenvalue weighted by atomic mass is 79.9. The number of allylic oxidation sites excluding steroid dienone is 1. The summed E-state index contributed by atoms with van der Waals surface area (Å²) in [4.78, 5) is 47.5. The van der Waals surface area contributed by atoms with Crippen molar-refractivity contribution in [1.29, 1.82) is 0 Å². The number of rotatable bonds is 17. The first kappa shape index (κ1) is 32.1. The van der Waals surface area contributed by atoms with Gasteiger partial charge < -0.3 is 29.1 Å². The number of amides is 2. The number of hydrogen-bond acceptors (Lipinski definition) is 8. The summed E-state index contributed by atoms with van der Waals surface area (Å²) in [6.07, 6.45) is 7.90. The number of alkyl halides is 1. The number of hydrogen-bond donors (Lipinski definition) is 1. The van der Waals surface area contributed by atoms with Gasteiger partial charge in [-0.15, -0.1) is 13.2 Å². The molecule has 0 aliphatic carbocycles. The van der Waals surface area contributed by atoms with Crippen LogP contribution in [0.25, 0.3) is 0 Å². The molecule has 2 bridgehead atoms. The molecule has 2 amide bonds. The van der Waals surface area contributed by atoms with Crippen molar-refractivity contribution in [3.8, 4) is 0 Å². The number of fused-ring (bicyclic) bond motifs is 1. The molecule has 4 saturated heterocycles. The number of carbonyl (C=O) groups is 3. The topological polar surface area (TPSA) is 109 Å². The number of unbranched alkanes of at least 4 members (excludes halogenated alkanes) is 4. The third kappa shape index (κ3) is 6.90. The highest BCUT2D eigenvalue weighted by molar-refractivity contribution is 9.09. The van der Waals surface area contributed by atoms with E-state index in [1.807, 2.05) is 0 Å². The first-order valence-corrected chi connectivity index (χ1v) is 16.0. The Hall–Kier alpha value is -1.79. The molecule has 4 heterocycles. The molecule has 1 N–H and O–H groups in total. The van der Waals surface area contributed by atoms with Crippen LogP contribution in [0, 0.1) is 11.8 Å². The van der Waals surface area contributed by atoms with Gasteiger partial charge in [0.2, 0.25) is 11.8 Å². The molecule has 11 heteroatoms. The number of nitrogens with zero attached hydrogens (tertiary/aromatic N) is 3. The zero-order valence-corrected chi connectivity index (χ0v) is 25.7. The summed E-state index contributed by atoms with van der Waals surface area (Å²) >= 11 is 3.72. The number of morpholine rings is 1. The van der Waals surface area contributed by atoms with Gasteiger partial charge in [-0.05, 0) is 32.1 Å². The van der Waals surface area contributed by atoms with E-state index in [2.05, 4.69) is 34.0 Å². The van der Waals surface area contributed by atoms with E-state index in [1.165, 1.54) is 0 Å². The fourth-order valence-electron chi connectivity index (χ4n) is 6.87. The number of carbonyl (C=O) groups excluding carboxylic acids is 3. The lowest BCUT2D eigenvalue weighted by Gasteiger charge is -2.38. The normalized spacial score (nSPS) is 30.8. The average molecular weight is 641 g/mol. The molecule has 0 aromatic carbocycles. The fraction of sp³-hybridized carbons (Fsp3) is 0.767. The Morgan fingerprint density at radius 1 is 1.12 bits per heavy atom. The molecule has 6 atom stereocenters. The molecule has 230 valence electrons. The molecule has 0 radical (unpaired) electrons. The molecule has 4 fully saturated rings. The van der Waals surface area contributed by atoms with Gasteiger partial charge in [0.15, 0.2) is 0 Å². The van der Waals surface area contributed by atoms with Crippen LogP contribution >= 0.6 is 15.9 Å². The molecule has 10 nitrogen and oxygen atoms in total. The van der Waals surface area contributed by atoms with Gasteiger partial charge in [0, 0.05) is 50.7 Å². The molecular weight excluding hydrogens is 594 g/mol. The van der Waals surface area contributed by atoms with Crippen LogP contribution in [-0.2, 0) is 28.6 Å². The number of esters is 1. The standard InChI is InChI=1S/C30H46BrN3O7/c1-3-5-10-18-40-29(38)23-24-27(36)34(12-8-6-7-9-17-35)26(30(24)21-22(31)25(23)41-30)28(37)33(11-4-2)14-13-32-15-19-39-20-16-32/h3-4,22-26,35H,1-2,5-21H2/t22?,23-,24-,25-,26?,30?/m0/s1. The van der Waals surface area contributed by atoms with Crippen molar-refractivity contribution in [2.75, 3.05) is 65.7 Å². The minimum atomic E-state index is -1.10. The van der Waals surface area contributed by atoms with Crippen LogP contribution in [0.15, 0.2) is 25.3 Å². The van der Waals surface area contributed by atoms with Gasteiger partial charge in [0.25, 0.3) is 0 Å². The smallest absolute Gasteiger partial charge is 0.312 e. The summed E-state index contributed by atoms with van der Waals surface area (Å²) in [6, 6.07) is -0.828. The van der Waals surface area contributed by atoms with E-state index in [1.54, 1.807) is 22.0 Å². The van der Waals surface area contributed by atoms with Gasteiger partial charge in [-0.25, -0.2) is 0 Å². The Bertz CT molecular complexity index is 945. The van der Waals surface area contributed by atoms with E-state index in [0.29, 0.717) is 65.1 Å². The third-order valence-corrected chi connectivity index (χ3v) is 9.70. The van der Waals surface area contributed by atoms with Crippen LogP contribution in [0.5, 0.6) is 0 Å². The van der Waals surface area contributed by atoms with Gasteiger partial charge in [0.05, 0.1) is 37.8 Å². The average Bonchev–Trinajstić information content (AvgIpc) is 3.56. The van der Waals surface area contributed by atoms with Gasteiger partial charge in [0.1, 0.15) is 11.6 Å². The van der Waals surface area contributed by atoms with E-state index in [0.717, 1.165) is 32.4 Å². The summed E-state index contributed by atoms with van der Waals surface area (Å²) in [5.41, 5.74) is -1.10. The Morgan fingerprint density at radius 3 is 2.59 bits per heavy atom. The van der Waals surface area contributed by atoms with E-state index in [-0.39, 0.29) is 29.9 Å². The van der Waals surface area contributed by atoms with Crippen molar-refractivity contribution in [2.45, 2.75) is 67.5 Å². The van der Waals surface area contributed by atoms with Crippen molar-refractivity contribution in [1.82, 2.24) is 14.7 Å². The van der Waals surface area contributed by atoms with Crippen molar-refractivity contribution in [2.24, 2.45) is 11.8 Å². The largest absolute Gasteiger partial charge is 0.465 e. The summed E-state index contributed by atoms with van der Waals surface area (Å²) in [7, 11) is 0. The minimum absolute atomic E-state index is 0.132. The van der Waals surface area contributed by atoms with E-state index in [9.17, 15) is 14.4 Å². The zero-order chi connectivity index (χ0) is 29.4. The highest BCUT2D eigenvalue weighted by Crippen LogP contribution is 2.60. The fourth-order valence-corrected chi connectivity index (χ4v) is 7.81. The zero-order valence-electron chi connectivity index (χ0n) is 24.1. The highest BCUT2D eigenvalue weighted by Gasteiger charge is 2.77.